The zero-order valence-corrected chi connectivity index (χ0v) is 9.97. The van der Waals surface area contributed by atoms with Gasteiger partial charge in [0.05, 0.1) is 4.95 Å². The third kappa shape index (κ3) is 1.34. The van der Waals surface area contributed by atoms with E-state index < -0.39 is 0 Å². The first-order chi connectivity index (χ1) is 7.66. The molecule has 2 aliphatic rings. The van der Waals surface area contributed by atoms with Gasteiger partial charge in [-0.25, -0.2) is 4.39 Å². The van der Waals surface area contributed by atoms with Crippen molar-refractivity contribution in [2.45, 2.75) is 17.3 Å². The molecule has 5 heteroatoms. The van der Waals surface area contributed by atoms with Crippen LogP contribution in [0.5, 0.6) is 0 Å². The van der Waals surface area contributed by atoms with E-state index in [0.29, 0.717) is 12.1 Å². The van der Waals surface area contributed by atoms with Crippen LogP contribution < -0.4 is 10.6 Å². The number of hydrogen-bond acceptors (Lipinski definition) is 2. The first-order valence-corrected chi connectivity index (χ1v) is 6.10. The fourth-order valence-electron chi connectivity index (χ4n) is 2.45. The van der Waals surface area contributed by atoms with Crippen LogP contribution in [0.25, 0.3) is 0 Å². The first-order valence-electron chi connectivity index (χ1n) is 5.19. The Balaban J connectivity index is 2.24. The van der Waals surface area contributed by atoms with Crippen LogP contribution in [0.1, 0.15) is 28.3 Å². The molecule has 0 aromatic heterocycles. The van der Waals surface area contributed by atoms with Gasteiger partial charge in [0.25, 0.3) is 5.91 Å². The average Bonchev–Trinajstić information content (AvgIpc) is 2.42. The van der Waals surface area contributed by atoms with E-state index in [1.54, 1.807) is 0 Å². The van der Waals surface area contributed by atoms with Crippen molar-refractivity contribution < 1.29 is 9.18 Å². The number of rotatable bonds is 0. The smallest absolute Gasteiger partial charge is 0.251 e. The van der Waals surface area contributed by atoms with Crippen molar-refractivity contribution >= 4 is 27.5 Å². The van der Waals surface area contributed by atoms with Crippen LogP contribution in [0.15, 0.2) is 12.1 Å². The number of amides is 1. The lowest BCUT2D eigenvalue weighted by molar-refractivity contribution is 0.0955. The van der Waals surface area contributed by atoms with Gasteiger partial charge in [-0.15, -0.1) is 0 Å². The second kappa shape index (κ2) is 3.45. The number of hydrogen-bond donors (Lipinski definition) is 2. The Bertz CT molecular complexity index is 477. The van der Waals surface area contributed by atoms with E-state index in [1.165, 1.54) is 12.1 Å². The van der Waals surface area contributed by atoms with Gasteiger partial charge in [0.1, 0.15) is 5.82 Å². The monoisotopic (exact) mass is 284 g/mol. The number of benzene rings is 1. The fourth-order valence-corrected chi connectivity index (χ4v) is 3.22. The van der Waals surface area contributed by atoms with Gasteiger partial charge in [0, 0.05) is 23.7 Å². The number of nitrogens with one attached hydrogen (secondary N) is 2. The highest BCUT2D eigenvalue weighted by Gasteiger charge is 2.36. The van der Waals surface area contributed by atoms with Gasteiger partial charge in [0.15, 0.2) is 0 Å². The van der Waals surface area contributed by atoms with Gasteiger partial charge in [-0.3, -0.25) is 4.79 Å². The molecule has 0 bridgehead atoms. The lowest BCUT2D eigenvalue weighted by Gasteiger charge is -2.12. The van der Waals surface area contributed by atoms with Crippen molar-refractivity contribution in [1.29, 1.82) is 0 Å². The summed E-state index contributed by atoms with van der Waals surface area (Å²) in [6.07, 6.45) is 0.861. The summed E-state index contributed by atoms with van der Waals surface area (Å²) < 4.78 is 13.4. The van der Waals surface area contributed by atoms with Crippen LogP contribution in [-0.2, 0) is 0 Å². The van der Waals surface area contributed by atoms with Crippen LogP contribution in [0, 0.1) is 5.82 Å². The molecule has 0 radical (unpaired) electrons. The first kappa shape index (κ1) is 10.1. The molecule has 16 heavy (non-hydrogen) atoms. The van der Waals surface area contributed by atoms with E-state index in [9.17, 15) is 9.18 Å². The molecular weight excluding hydrogens is 275 g/mol. The van der Waals surface area contributed by atoms with Crippen molar-refractivity contribution in [3.8, 4) is 0 Å². The summed E-state index contributed by atoms with van der Waals surface area (Å²) in [5.41, 5.74) is 2.14. The number of alkyl halides is 1. The predicted octanol–water partition coefficient (Wildman–Crippen LogP) is 2.19. The molecule has 84 valence electrons. The molecule has 1 aromatic rings. The molecule has 0 saturated carbocycles. The Kier molecular flexibility index (Phi) is 2.17. The minimum absolute atomic E-state index is 0.0794. The standard InChI is InChI=1S/C11H10BrFN2O/c12-10-6-1-2-14-11(16)7-3-5(13)4-8(15-10)9(6)7/h3-4,6,10,15H,1-2H2,(H,14,16). The van der Waals surface area contributed by atoms with Gasteiger partial charge in [-0.1, -0.05) is 15.9 Å². The highest BCUT2D eigenvalue weighted by Crippen LogP contribution is 2.43. The summed E-state index contributed by atoms with van der Waals surface area (Å²) in [5, 5.41) is 5.95. The number of carbonyl (C=O) groups excluding carboxylic acids is 1. The number of carbonyl (C=O) groups is 1. The molecule has 0 spiro atoms. The summed E-state index contributed by atoms with van der Waals surface area (Å²) in [7, 11) is 0. The van der Waals surface area contributed by atoms with E-state index in [4.69, 9.17) is 0 Å². The minimum Gasteiger partial charge on any atom is -0.372 e. The molecule has 2 unspecified atom stereocenters. The maximum atomic E-state index is 13.4. The number of anilines is 1. The van der Waals surface area contributed by atoms with Gasteiger partial charge in [-0.2, -0.15) is 0 Å². The highest BCUT2D eigenvalue weighted by atomic mass is 79.9. The lowest BCUT2D eigenvalue weighted by Crippen LogP contribution is -2.23. The van der Waals surface area contributed by atoms with Crippen molar-refractivity contribution in [1.82, 2.24) is 5.32 Å². The zero-order valence-electron chi connectivity index (χ0n) is 8.39. The average molecular weight is 285 g/mol. The van der Waals surface area contributed by atoms with Crippen molar-refractivity contribution in [2.24, 2.45) is 0 Å². The van der Waals surface area contributed by atoms with Crippen LogP contribution in [0.3, 0.4) is 0 Å². The molecule has 0 aliphatic carbocycles. The molecule has 1 amide bonds. The maximum Gasteiger partial charge on any atom is 0.251 e. The van der Waals surface area contributed by atoms with E-state index in [2.05, 4.69) is 26.6 Å². The molecule has 1 aromatic carbocycles. The van der Waals surface area contributed by atoms with E-state index in [-0.39, 0.29) is 22.6 Å². The van der Waals surface area contributed by atoms with Crippen molar-refractivity contribution in [3.63, 3.8) is 0 Å². The Morgan fingerprint density at radius 1 is 1.44 bits per heavy atom. The summed E-state index contributed by atoms with van der Waals surface area (Å²) in [5.74, 6) is -0.329. The van der Waals surface area contributed by atoms with Crippen molar-refractivity contribution in [3.05, 3.63) is 29.1 Å². The molecule has 0 fully saturated rings. The van der Waals surface area contributed by atoms with Gasteiger partial charge in [-0.05, 0) is 24.1 Å². The summed E-state index contributed by atoms with van der Waals surface area (Å²) in [6.45, 7) is 0.628. The second-order valence-corrected chi connectivity index (χ2v) is 5.10. The van der Waals surface area contributed by atoms with E-state index in [1.807, 2.05) is 0 Å². The summed E-state index contributed by atoms with van der Waals surface area (Å²) in [4.78, 5) is 11.8. The Morgan fingerprint density at radius 3 is 3.06 bits per heavy atom. The zero-order chi connectivity index (χ0) is 11.3. The highest BCUT2D eigenvalue weighted by molar-refractivity contribution is 9.09. The van der Waals surface area contributed by atoms with Gasteiger partial charge < -0.3 is 10.6 Å². The lowest BCUT2D eigenvalue weighted by atomic mass is 9.94. The minimum atomic E-state index is -0.376. The van der Waals surface area contributed by atoms with E-state index >= 15 is 0 Å². The summed E-state index contributed by atoms with van der Waals surface area (Å²) in [6, 6.07) is 2.77. The van der Waals surface area contributed by atoms with Crippen LogP contribution in [0.4, 0.5) is 10.1 Å². The molecule has 3 rings (SSSR count). The normalized spacial score (nSPS) is 26.8. The second-order valence-electron chi connectivity index (χ2n) is 4.11. The van der Waals surface area contributed by atoms with Crippen LogP contribution in [-0.4, -0.2) is 17.4 Å². The van der Waals surface area contributed by atoms with Crippen molar-refractivity contribution in [2.75, 3.05) is 11.9 Å². The molecule has 3 nitrogen and oxygen atoms in total. The van der Waals surface area contributed by atoms with Crippen LogP contribution in [0.2, 0.25) is 0 Å². The fraction of sp³-hybridized carbons (Fsp3) is 0.364. The third-order valence-electron chi connectivity index (χ3n) is 3.15. The molecule has 2 N–H and O–H groups in total. The third-order valence-corrected chi connectivity index (χ3v) is 4.01. The summed E-state index contributed by atoms with van der Waals surface area (Å²) >= 11 is 3.52. The molecule has 2 aliphatic heterocycles. The Labute approximate surface area is 101 Å². The van der Waals surface area contributed by atoms with E-state index in [0.717, 1.165) is 17.7 Å². The van der Waals surface area contributed by atoms with Gasteiger partial charge in [0.2, 0.25) is 0 Å². The topological polar surface area (TPSA) is 41.1 Å². The largest absolute Gasteiger partial charge is 0.372 e. The molecular formula is C11H10BrFN2O. The van der Waals surface area contributed by atoms with Crippen LogP contribution >= 0.6 is 15.9 Å². The molecule has 0 saturated heterocycles. The molecule has 2 heterocycles. The van der Waals surface area contributed by atoms with Gasteiger partial charge >= 0.3 is 0 Å². The maximum absolute atomic E-state index is 13.4. The number of halogens is 2. The molecule has 2 atom stereocenters. The SMILES string of the molecule is O=C1NCCC2c3c(cc(F)cc31)NC2Br. The quantitative estimate of drug-likeness (QED) is 0.566. The Hall–Kier alpha value is -1.10. The Morgan fingerprint density at radius 2 is 2.25 bits per heavy atom. The predicted molar refractivity (Wildman–Crippen MR) is 62.4 cm³/mol.